The molecule has 2 rings (SSSR count). The molecule has 26 heavy (non-hydrogen) atoms. The number of nitrogens with one attached hydrogen (secondary N) is 3. The number of carbonyl (C=O) groups excluding carboxylic acids is 2. The Morgan fingerprint density at radius 2 is 1.96 bits per heavy atom. The molecule has 6 nitrogen and oxygen atoms in total. The molecule has 1 aromatic carbocycles. The van der Waals surface area contributed by atoms with Crippen LogP contribution in [0.4, 0.5) is 9.18 Å². The van der Waals surface area contributed by atoms with Gasteiger partial charge < -0.3 is 20.9 Å². The van der Waals surface area contributed by atoms with E-state index in [1.807, 2.05) is 25.1 Å². The highest BCUT2D eigenvalue weighted by Gasteiger charge is 2.18. The summed E-state index contributed by atoms with van der Waals surface area (Å²) in [4.78, 5) is 25.7. The maximum atomic E-state index is 13.4. The summed E-state index contributed by atoms with van der Waals surface area (Å²) >= 11 is 0. The minimum Gasteiger partial charge on any atom is -0.353 e. The van der Waals surface area contributed by atoms with E-state index in [4.69, 9.17) is 0 Å². The SMILES string of the molecule is CN(C)C(CNC(=O)NCCC(=O)NC1CCCC1)c1cccc(F)c1. The van der Waals surface area contributed by atoms with E-state index in [1.165, 1.54) is 25.0 Å². The molecule has 3 N–H and O–H groups in total. The highest BCUT2D eigenvalue weighted by molar-refractivity contribution is 5.78. The second-order valence-electron chi connectivity index (χ2n) is 6.97. The summed E-state index contributed by atoms with van der Waals surface area (Å²) in [7, 11) is 3.75. The number of carbonyl (C=O) groups is 2. The van der Waals surface area contributed by atoms with Crippen LogP contribution in [0.5, 0.6) is 0 Å². The Hall–Kier alpha value is -2.15. The highest BCUT2D eigenvalue weighted by Crippen LogP contribution is 2.18. The van der Waals surface area contributed by atoms with Gasteiger partial charge in [-0.2, -0.15) is 0 Å². The minimum absolute atomic E-state index is 0.0249. The molecule has 0 heterocycles. The molecule has 1 aliphatic carbocycles. The Morgan fingerprint density at radius 1 is 1.23 bits per heavy atom. The van der Waals surface area contributed by atoms with Crippen molar-refractivity contribution in [1.29, 1.82) is 0 Å². The fourth-order valence-corrected chi connectivity index (χ4v) is 3.22. The predicted molar refractivity (Wildman–Crippen MR) is 99.2 cm³/mol. The van der Waals surface area contributed by atoms with Crippen molar-refractivity contribution in [2.24, 2.45) is 0 Å². The first-order valence-electron chi connectivity index (χ1n) is 9.18. The highest BCUT2D eigenvalue weighted by atomic mass is 19.1. The third kappa shape index (κ3) is 6.63. The van der Waals surface area contributed by atoms with Crippen molar-refractivity contribution in [2.75, 3.05) is 27.2 Å². The Kier molecular flexibility index (Phi) is 7.84. The lowest BCUT2D eigenvalue weighted by Gasteiger charge is -2.25. The lowest BCUT2D eigenvalue weighted by molar-refractivity contribution is -0.121. The molecule has 1 unspecified atom stereocenters. The summed E-state index contributed by atoms with van der Waals surface area (Å²) in [5, 5.41) is 8.47. The van der Waals surface area contributed by atoms with Crippen LogP contribution in [-0.2, 0) is 4.79 Å². The van der Waals surface area contributed by atoms with Crippen LogP contribution in [-0.4, -0.2) is 50.1 Å². The van der Waals surface area contributed by atoms with Gasteiger partial charge >= 0.3 is 6.03 Å². The zero-order valence-corrected chi connectivity index (χ0v) is 15.6. The van der Waals surface area contributed by atoms with E-state index in [1.54, 1.807) is 6.07 Å². The maximum Gasteiger partial charge on any atom is 0.314 e. The third-order valence-electron chi connectivity index (χ3n) is 4.67. The van der Waals surface area contributed by atoms with Crippen molar-refractivity contribution in [2.45, 2.75) is 44.2 Å². The number of nitrogens with zero attached hydrogens (tertiary/aromatic N) is 1. The van der Waals surface area contributed by atoms with E-state index in [0.29, 0.717) is 12.6 Å². The number of likely N-dealkylation sites (N-methyl/N-ethyl adjacent to an activating group) is 1. The molecule has 3 amide bonds. The molecule has 0 bridgehead atoms. The molecule has 1 fully saturated rings. The normalized spacial score (nSPS) is 15.7. The van der Waals surface area contributed by atoms with Gasteiger partial charge in [-0.15, -0.1) is 0 Å². The van der Waals surface area contributed by atoms with E-state index >= 15 is 0 Å². The monoisotopic (exact) mass is 364 g/mol. The molecule has 1 atom stereocenters. The van der Waals surface area contributed by atoms with Gasteiger partial charge in [0, 0.05) is 25.6 Å². The zero-order valence-electron chi connectivity index (χ0n) is 15.6. The average molecular weight is 364 g/mol. The minimum atomic E-state index is -0.332. The number of hydrogen-bond donors (Lipinski definition) is 3. The van der Waals surface area contributed by atoms with Crippen LogP contribution in [0, 0.1) is 5.82 Å². The second kappa shape index (κ2) is 10.1. The van der Waals surface area contributed by atoms with Gasteiger partial charge in [0.05, 0.1) is 6.04 Å². The largest absolute Gasteiger partial charge is 0.353 e. The van der Waals surface area contributed by atoms with Crippen LogP contribution in [0.15, 0.2) is 24.3 Å². The fourth-order valence-electron chi connectivity index (χ4n) is 3.22. The summed E-state index contributed by atoms with van der Waals surface area (Å²) in [5.74, 6) is -0.324. The van der Waals surface area contributed by atoms with Crippen molar-refractivity contribution in [3.63, 3.8) is 0 Å². The van der Waals surface area contributed by atoms with Crippen molar-refractivity contribution >= 4 is 11.9 Å². The van der Waals surface area contributed by atoms with Gasteiger partial charge in [-0.1, -0.05) is 25.0 Å². The Bertz CT molecular complexity index is 603. The van der Waals surface area contributed by atoms with E-state index in [0.717, 1.165) is 18.4 Å². The molecule has 1 aromatic rings. The van der Waals surface area contributed by atoms with Crippen molar-refractivity contribution in [1.82, 2.24) is 20.9 Å². The first-order valence-corrected chi connectivity index (χ1v) is 9.18. The van der Waals surface area contributed by atoms with E-state index < -0.39 is 0 Å². The third-order valence-corrected chi connectivity index (χ3v) is 4.67. The molecule has 0 aromatic heterocycles. The number of benzene rings is 1. The summed E-state index contributed by atoms with van der Waals surface area (Å²) in [6.07, 6.45) is 4.70. The molecule has 0 saturated heterocycles. The van der Waals surface area contributed by atoms with Crippen molar-refractivity contribution in [3.05, 3.63) is 35.6 Å². The predicted octanol–water partition coefficient (Wildman–Crippen LogP) is 2.18. The molecule has 1 aliphatic rings. The van der Waals surface area contributed by atoms with E-state index in [-0.39, 0.29) is 36.8 Å². The maximum absolute atomic E-state index is 13.4. The van der Waals surface area contributed by atoms with Gasteiger partial charge in [0.1, 0.15) is 5.82 Å². The smallest absolute Gasteiger partial charge is 0.314 e. The zero-order chi connectivity index (χ0) is 18.9. The number of rotatable bonds is 8. The van der Waals surface area contributed by atoms with E-state index in [9.17, 15) is 14.0 Å². The van der Waals surface area contributed by atoms with Crippen LogP contribution < -0.4 is 16.0 Å². The first-order chi connectivity index (χ1) is 12.5. The van der Waals surface area contributed by atoms with Crippen LogP contribution in [0.1, 0.15) is 43.7 Å². The molecular weight excluding hydrogens is 335 g/mol. The van der Waals surface area contributed by atoms with Crippen molar-refractivity contribution in [3.8, 4) is 0 Å². The quantitative estimate of drug-likeness (QED) is 0.662. The summed E-state index contributed by atoms with van der Waals surface area (Å²) in [6.45, 7) is 0.632. The average Bonchev–Trinajstić information content (AvgIpc) is 3.07. The molecule has 0 aliphatic heterocycles. The van der Waals surface area contributed by atoms with Gasteiger partial charge in [0.25, 0.3) is 0 Å². The summed E-state index contributed by atoms with van der Waals surface area (Å²) < 4.78 is 13.4. The van der Waals surface area contributed by atoms with Gasteiger partial charge in [-0.05, 0) is 44.6 Å². The van der Waals surface area contributed by atoms with E-state index in [2.05, 4.69) is 16.0 Å². The standard InChI is InChI=1S/C19H29FN4O2/c1-24(2)17(14-6-5-7-15(20)12-14)13-22-19(26)21-11-10-18(25)23-16-8-3-4-9-16/h5-7,12,16-17H,3-4,8-11,13H2,1-2H3,(H,23,25)(H2,21,22,26). The number of urea groups is 1. The lowest BCUT2D eigenvalue weighted by atomic mass is 10.1. The summed E-state index contributed by atoms with van der Waals surface area (Å²) in [6, 6.07) is 6.18. The number of amides is 3. The van der Waals surface area contributed by atoms with Crippen molar-refractivity contribution < 1.29 is 14.0 Å². The molecule has 144 valence electrons. The topological polar surface area (TPSA) is 73.5 Å². The lowest BCUT2D eigenvalue weighted by Crippen LogP contribution is -2.42. The van der Waals surface area contributed by atoms with Gasteiger partial charge in [-0.25, -0.2) is 9.18 Å². The molecular formula is C19H29FN4O2. The summed E-state index contributed by atoms with van der Waals surface area (Å²) in [5.41, 5.74) is 0.797. The van der Waals surface area contributed by atoms with Gasteiger partial charge in [0.15, 0.2) is 0 Å². The van der Waals surface area contributed by atoms with Crippen LogP contribution in [0.25, 0.3) is 0 Å². The fraction of sp³-hybridized carbons (Fsp3) is 0.579. The second-order valence-corrected chi connectivity index (χ2v) is 6.97. The van der Waals surface area contributed by atoms with Crippen LogP contribution >= 0.6 is 0 Å². The molecule has 1 saturated carbocycles. The molecule has 0 radical (unpaired) electrons. The Labute approximate surface area is 154 Å². The first kappa shape index (κ1) is 20.2. The van der Waals surface area contributed by atoms with Crippen LogP contribution in [0.2, 0.25) is 0 Å². The molecule has 7 heteroatoms. The Morgan fingerprint density at radius 3 is 2.62 bits per heavy atom. The van der Waals surface area contributed by atoms with Gasteiger partial charge in [0.2, 0.25) is 5.91 Å². The van der Waals surface area contributed by atoms with Gasteiger partial charge in [-0.3, -0.25) is 4.79 Å². The number of halogens is 1. The molecule has 0 spiro atoms. The Balaban J connectivity index is 1.70. The van der Waals surface area contributed by atoms with Crippen LogP contribution in [0.3, 0.4) is 0 Å². The number of hydrogen-bond acceptors (Lipinski definition) is 3.